The molecule has 1 aliphatic heterocycles. The largest absolute Gasteiger partial charge is 0.394 e. The third kappa shape index (κ3) is 4.93. The second kappa shape index (κ2) is 9.74. The molecule has 31 heavy (non-hydrogen) atoms. The van der Waals surface area contributed by atoms with Crippen LogP contribution < -0.4 is 16.4 Å². The Morgan fingerprint density at radius 1 is 1.23 bits per heavy atom. The number of nitrogens with zero attached hydrogens (tertiary/aromatic N) is 4. The summed E-state index contributed by atoms with van der Waals surface area (Å²) >= 11 is 0. The summed E-state index contributed by atoms with van der Waals surface area (Å²) in [5, 5.41) is 41.5. The number of ketones is 1. The Labute approximate surface area is 176 Å². The number of ether oxygens (including phenoxy) is 1. The molecule has 2 aromatic heterocycles. The first kappa shape index (κ1) is 22.5. The zero-order valence-corrected chi connectivity index (χ0v) is 16.4. The lowest BCUT2D eigenvalue weighted by Gasteiger charge is -2.16. The van der Waals surface area contributed by atoms with Gasteiger partial charge in [0.25, 0.3) is 5.91 Å². The molecule has 3 heterocycles. The highest BCUT2D eigenvalue weighted by Crippen LogP contribution is 2.32. The van der Waals surface area contributed by atoms with Gasteiger partial charge >= 0.3 is 0 Å². The number of guanidine groups is 1. The van der Waals surface area contributed by atoms with Crippen LogP contribution in [0.5, 0.6) is 0 Å². The lowest BCUT2D eigenvalue weighted by molar-refractivity contribution is -0.134. The molecule has 0 aliphatic carbocycles. The highest BCUT2D eigenvalue weighted by molar-refractivity contribution is 6.40. The van der Waals surface area contributed by atoms with Gasteiger partial charge in [0.15, 0.2) is 29.2 Å². The van der Waals surface area contributed by atoms with Crippen molar-refractivity contribution in [2.45, 2.75) is 43.8 Å². The Bertz CT molecular complexity index is 965. The van der Waals surface area contributed by atoms with E-state index in [2.05, 4.69) is 25.6 Å². The van der Waals surface area contributed by atoms with Crippen molar-refractivity contribution in [1.29, 1.82) is 5.41 Å². The summed E-state index contributed by atoms with van der Waals surface area (Å²) in [6.45, 7) is -0.0559. The van der Waals surface area contributed by atoms with E-state index in [4.69, 9.17) is 15.9 Å². The number of anilines is 1. The fourth-order valence-corrected chi connectivity index (χ4v) is 3.16. The van der Waals surface area contributed by atoms with Gasteiger partial charge in [-0.2, -0.15) is 0 Å². The Morgan fingerprint density at radius 3 is 2.68 bits per heavy atom. The van der Waals surface area contributed by atoms with Crippen molar-refractivity contribution in [2.75, 3.05) is 18.5 Å². The van der Waals surface area contributed by atoms with Crippen molar-refractivity contribution in [1.82, 2.24) is 24.8 Å². The maximum absolute atomic E-state index is 12.2. The lowest BCUT2D eigenvalue weighted by Crippen LogP contribution is -2.33. The van der Waals surface area contributed by atoms with E-state index in [1.807, 2.05) is 0 Å². The van der Waals surface area contributed by atoms with E-state index in [-0.39, 0.29) is 29.4 Å². The van der Waals surface area contributed by atoms with E-state index < -0.39 is 42.8 Å². The minimum atomic E-state index is -1.33. The van der Waals surface area contributed by atoms with Gasteiger partial charge in [0.05, 0.1) is 12.9 Å². The standard InChI is InChI=1S/C17H24N8O6/c18-17(19)20-4-2-1-3-8(27)15(30)24-13-10-14(22-6-21-13)25(7-23-10)16-12(29)11(28)9(5-26)31-16/h6-7,9,11-12,16,26,28-29H,1-5H2,(H4,18,19,20)(H,21,22,24,30)/t9-,11-,12-,16-/m1/s1. The molecule has 1 aliphatic rings. The van der Waals surface area contributed by atoms with Gasteiger partial charge in [0, 0.05) is 13.0 Å². The number of hydrogen-bond acceptors (Lipinski definition) is 10. The third-order valence-corrected chi connectivity index (χ3v) is 4.78. The van der Waals surface area contributed by atoms with Gasteiger partial charge in [0.2, 0.25) is 5.78 Å². The number of imidazole rings is 1. The summed E-state index contributed by atoms with van der Waals surface area (Å²) in [5.41, 5.74) is 5.52. The van der Waals surface area contributed by atoms with Gasteiger partial charge in [-0.3, -0.25) is 19.6 Å². The van der Waals surface area contributed by atoms with Gasteiger partial charge in [-0.05, 0) is 12.8 Å². The van der Waals surface area contributed by atoms with E-state index in [9.17, 15) is 24.9 Å². The number of carbonyl (C=O) groups is 2. The molecule has 8 N–H and O–H groups in total. The number of amides is 1. The minimum absolute atomic E-state index is 0.00656. The molecule has 0 radical (unpaired) electrons. The SMILES string of the molecule is N=C(N)NCCCCC(=O)C(=O)Nc1ncnc2c1ncn2[C@@H]1O[C@H](CO)[C@@H](O)[C@H]1O. The van der Waals surface area contributed by atoms with Crippen molar-refractivity contribution < 1.29 is 29.6 Å². The summed E-state index contributed by atoms with van der Waals surface area (Å²) < 4.78 is 6.82. The quantitative estimate of drug-likeness (QED) is 0.0949. The number of hydrogen-bond donors (Lipinski definition) is 7. The van der Waals surface area contributed by atoms with E-state index in [0.717, 1.165) is 6.33 Å². The molecule has 2 aromatic rings. The number of rotatable bonds is 9. The average Bonchev–Trinajstić information content (AvgIpc) is 3.29. The molecule has 3 rings (SSSR count). The highest BCUT2D eigenvalue weighted by Gasteiger charge is 2.44. The number of carbonyl (C=O) groups excluding carboxylic acids is 2. The molecule has 0 spiro atoms. The van der Waals surface area contributed by atoms with Crippen molar-refractivity contribution in [3.8, 4) is 0 Å². The van der Waals surface area contributed by atoms with Crippen LogP contribution in [0, 0.1) is 5.41 Å². The maximum atomic E-state index is 12.2. The van der Waals surface area contributed by atoms with E-state index >= 15 is 0 Å². The van der Waals surface area contributed by atoms with E-state index in [0.29, 0.717) is 19.4 Å². The molecular weight excluding hydrogens is 412 g/mol. The smallest absolute Gasteiger partial charge is 0.292 e. The predicted molar refractivity (Wildman–Crippen MR) is 106 cm³/mol. The fourth-order valence-electron chi connectivity index (χ4n) is 3.16. The van der Waals surface area contributed by atoms with Crippen LogP contribution in [0.25, 0.3) is 11.2 Å². The van der Waals surface area contributed by atoms with Gasteiger partial charge in [-0.15, -0.1) is 0 Å². The van der Waals surface area contributed by atoms with E-state index in [1.165, 1.54) is 10.9 Å². The number of aromatic nitrogens is 4. The third-order valence-electron chi connectivity index (χ3n) is 4.78. The number of aliphatic hydroxyl groups excluding tert-OH is 3. The Balaban J connectivity index is 1.67. The number of nitrogens with two attached hydrogens (primary N) is 1. The molecule has 0 aromatic carbocycles. The predicted octanol–water partition coefficient (Wildman–Crippen LogP) is -2.40. The van der Waals surface area contributed by atoms with Crippen molar-refractivity contribution >= 4 is 34.6 Å². The van der Waals surface area contributed by atoms with Crippen molar-refractivity contribution in [3.63, 3.8) is 0 Å². The molecule has 14 heteroatoms. The molecule has 0 saturated carbocycles. The zero-order chi connectivity index (χ0) is 22.5. The summed E-state index contributed by atoms with van der Waals surface area (Å²) in [4.78, 5) is 36.4. The molecular formula is C17H24N8O6. The van der Waals surface area contributed by atoms with E-state index in [1.54, 1.807) is 0 Å². The van der Waals surface area contributed by atoms with Crippen LogP contribution in [0.15, 0.2) is 12.7 Å². The van der Waals surface area contributed by atoms with Gasteiger partial charge in [-0.25, -0.2) is 15.0 Å². The fraction of sp³-hybridized carbons (Fsp3) is 0.529. The van der Waals surface area contributed by atoms with Crippen LogP contribution in [0.1, 0.15) is 25.5 Å². The van der Waals surface area contributed by atoms with Crippen LogP contribution in [-0.2, 0) is 14.3 Å². The maximum Gasteiger partial charge on any atom is 0.292 e. The number of fused-ring (bicyclic) bond motifs is 1. The Morgan fingerprint density at radius 2 is 2.00 bits per heavy atom. The molecule has 0 unspecified atom stereocenters. The molecule has 4 atom stereocenters. The molecule has 1 fully saturated rings. The first-order valence-corrected chi connectivity index (χ1v) is 9.55. The normalized spacial score (nSPS) is 23.1. The number of aliphatic hydroxyl groups is 3. The molecule has 14 nitrogen and oxygen atoms in total. The van der Waals surface area contributed by atoms with Gasteiger partial charge in [0.1, 0.15) is 24.6 Å². The van der Waals surface area contributed by atoms with Crippen LogP contribution in [0.3, 0.4) is 0 Å². The lowest BCUT2D eigenvalue weighted by atomic mass is 10.1. The van der Waals surface area contributed by atoms with Crippen molar-refractivity contribution in [2.24, 2.45) is 5.73 Å². The van der Waals surface area contributed by atoms with Crippen LogP contribution in [0.4, 0.5) is 5.82 Å². The summed E-state index contributed by atoms with van der Waals surface area (Å²) in [7, 11) is 0. The minimum Gasteiger partial charge on any atom is -0.394 e. The summed E-state index contributed by atoms with van der Waals surface area (Å²) in [6.07, 6.45) is -1.21. The molecule has 1 saturated heterocycles. The van der Waals surface area contributed by atoms with Gasteiger partial charge in [-0.1, -0.05) is 0 Å². The van der Waals surface area contributed by atoms with Gasteiger partial charge < -0.3 is 36.4 Å². The topological polar surface area (TPSA) is 222 Å². The first-order valence-electron chi connectivity index (χ1n) is 9.55. The number of nitrogens with one attached hydrogen (secondary N) is 3. The Hall–Kier alpha value is -3.20. The number of unbranched alkanes of at least 4 members (excludes halogenated alkanes) is 1. The second-order valence-corrected chi connectivity index (χ2v) is 6.95. The molecule has 1 amide bonds. The Kier molecular flexibility index (Phi) is 7.06. The van der Waals surface area contributed by atoms with Crippen LogP contribution in [-0.4, -0.2) is 84.0 Å². The first-order chi connectivity index (χ1) is 14.8. The molecule has 168 valence electrons. The average molecular weight is 436 g/mol. The summed E-state index contributed by atoms with van der Waals surface area (Å²) in [5.74, 6) is -1.65. The zero-order valence-electron chi connectivity index (χ0n) is 16.4. The number of Topliss-reactive ketones (excluding diaryl/α,β-unsaturated/α-hetero) is 1. The highest BCUT2D eigenvalue weighted by atomic mass is 16.6. The monoisotopic (exact) mass is 436 g/mol. The second-order valence-electron chi connectivity index (χ2n) is 6.95. The van der Waals surface area contributed by atoms with Crippen LogP contribution >= 0.6 is 0 Å². The molecule has 0 bridgehead atoms. The van der Waals surface area contributed by atoms with Crippen molar-refractivity contribution in [3.05, 3.63) is 12.7 Å². The summed E-state index contributed by atoms with van der Waals surface area (Å²) in [6, 6.07) is 0. The van der Waals surface area contributed by atoms with Crippen LogP contribution in [0.2, 0.25) is 0 Å².